The second kappa shape index (κ2) is 9.22. The molecule has 0 heteroatoms. The summed E-state index contributed by atoms with van der Waals surface area (Å²) in [5.41, 5.74) is 7.51. The molecule has 0 fully saturated rings. The van der Waals surface area contributed by atoms with Crippen molar-refractivity contribution in [3.05, 3.63) is 158 Å². The van der Waals surface area contributed by atoms with Gasteiger partial charge in [-0.15, -0.1) is 0 Å². The number of rotatable bonds is 3. The largest absolute Gasteiger partial charge is 0.0622 e. The second-order valence-electron chi connectivity index (χ2n) is 10.5. The van der Waals surface area contributed by atoms with E-state index in [-0.39, 0.29) is 0 Å². The quantitative estimate of drug-likeness (QED) is 0.209. The predicted octanol–water partition coefficient (Wildman–Crippen LogP) is 11.3. The van der Waals surface area contributed by atoms with Gasteiger partial charge >= 0.3 is 0 Å². The molecule has 0 aromatic heterocycles. The first-order valence-corrected chi connectivity index (χ1v) is 13.9. The first kappa shape index (κ1) is 22.8. The molecule has 0 atom stereocenters. The van der Waals surface area contributed by atoms with E-state index in [0.29, 0.717) is 0 Å². The van der Waals surface area contributed by atoms with E-state index in [9.17, 15) is 0 Å². The Balaban J connectivity index is 1.52. The van der Waals surface area contributed by atoms with Crippen LogP contribution in [0.5, 0.6) is 0 Å². The lowest BCUT2D eigenvalue weighted by molar-refractivity contribution is 1.60. The van der Waals surface area contributed by atoms with Crippen LogP contribution >= 0.6 is 0 Å². The van der Waals surface area contributed by atoms with Crippen molar-refractivity contribution in [1.29, 1.82) is 0 Å². The minimum absolute atomic E-state index is 1.24. The van der Waals surface area contributed by atoms with E-state index in [1.54, 1.807) is 0 Å². The van der Waals surface area contributed by atoms with Crippen molar-refractivity contribution in [3.63, 3.8) is 0 Å². The molecule has 0 N–H and O–H groups in total. The summed E-state index contributed by atoms with van der Waals surface area (Å²) in [6, 6.07) is 57.5. The maximum atomic E-state index is 2.44. The van der Waals surface area contributed by atoms with Gasteiger partial charge in [-0.3, -0.25) is 0 Å². The van der Waals surface area contributed by atoms with Gasteiger partial charge in [0.2, 0.25) is 0 Å². The zero-order valence-corrected chi connectivity index (χ0v) is 22.0. The summed E-state index contributed by atoms with van der Waals surface area (Å²) in [6.45, 7) is 0. The average Bonchev–Trinajstić information content (AvgIpc) is 3.05. The lowest BCUT2D eigenvalue weighted by Crippen LogP contribution is -1.91. The molecule has 0 saturated carbocycles. The minimum Gasteiger partial charge on any atom is -0.0622 e. The molecule has 0 saturated heterocycles. The maximum Gasteiger partial charge on any atom is -0.00199 e. The van der Waals surface area contributed by atoms with Crippen molar-refractivity contribution in [1.82, 2.24) is 0 Å². The fourth-order valence-corrected chi connectivity index (χ4v) is 6.44. The van der Waals surface area contributed by atoms with Gasteiger partial charge in [-0.25, -0.2) is 0 Å². The van der Waals surface area contributed by atoms with Crippen LogP contribution in [0.25, 0.3) is 76.5 Å². The third-order valence-corrected chi connectivity index (χ3v) is 8.25. The molecule has 0 heterocycles. The summed E-state index contributed by atoms with van der Waals surface area (Å²) < 4.78 is 0. The molecule has 8 aromatic carbocycles. The molecule has 40 heavy (non-hydrogen) atoms. The van der Waals surface area contributed by atoms with E-state index in [1.807, 2.05) is 0 Å². The van der Waals surface area contributed by atoms with Gasteiger partial charge in [-0.05, 0) is 88.6 Å². The Morgan fingerprint density at radius 3 is 1.48 bits per heavy atom. The van der Waals surface area contributed by atoms with Crippen molar-refractivity contribution in [2.24, 2.45) is 0 Å². The first-order valence-electron chi connectivity index (χ1n) is 13.9. The fraction of sp³-hybridized carbons (Fsp3) is 0. The van der Waals surface area contributed by atoms with Gasteiger partial charge in [0.25, 0.3) is 0 Å². The lowest BCUT2D eigenvalue weighted by Gasteiger charge is -2.18. The second-order valence-corrected chi connectivity index (χ2v) is 10.5. The molecule has 0 aliphatic rings. The van der Waals surface area contributed by atoms with Crippen molar-refractivity contribution < 1.29 is 0 Å². The molecule has 0 bridgehead atoms. The van der Waals surface area contributed by atoms with Gasteiger partial charge in [0.1, 0.15) is 0 Å². The summed E-state index contributed by atoms with van der Waals surface area (Å²) in [5, 5.41) is 10.4. The highest BCUT2D eigenvalue weighted by Gasteiger charge is 2.17. The van der Waals surface area contributed by atoms with Crippen LogP contribution in [0.1, 0.15) is 0 Å². The normalized spacial score (nSPS) is 11.5. The molecule has 0 aliphatic heterocycles. The van der Waals surface area contributed by atoms with Crippen molar-refractivity contribution >= 4 is 43.1 Å². The van der Waals surface area contributed by atoms with Crippen LogP contribution in [0.4, 0.5) is 0 Å². The number of hydrogen-bond donors (Lipinski definition) is 0. The maximum absolute atomic E-state index is 2.44. The summed E-state index contributed by atoms with van der Waals surface area (Å²) in [5.74, 6) is 0. The molecule has 186 valence electrons. The summed E-state index contributed by atoms with van der Waals surface area (Å²) in [7, 11) is 0. The van der Waals surface area contributed by atoms with Crippen LogP contribution < -0.4 is 0 Å². The Morgan fingerprint density at radius 1 is 0.225 bits per heavy atom. The lowest BCUT2D eigenvalue weighted by atomic mass is 9.85. The standard InChI is InChI=1S/C40H26/c1-3-13-27(14-4-1)29-23-24-36-37(25-29)32-19-9-10-20-33(32)39-26-38(34-21-11-12-22-35(34)40(36)39)31-18-8-7-17-30(31)28-15-5-2-6-16-28/h1-26H. The van der Waals surface area contributed by atoms with Gasteiger partial charge < -0.3 is 0 Å². The Labute approximate surface area is 233 Å². The van der Waals surface area contributed by atoms with Gasteiger partial charge in [0.15, 0.2) is 0 Å². The minimum atomic E-state index is 1.24. The average molecular weight is 507 g/mol. The van der Waals surface area contributed by atoms with Crippen LogP contribution in [-0.4, -0.2) is 0 Å². The van der Waals surface area contributed by atoms with E-state index in [0.717, 1.165) is 0 Å². The first-order chi connectivity index (χ1) is 19.9. The third kappa shape index (κ3) is 3.54. The SMILES string of the molecule is c1ccc(-c2ccc3c(c2)c2ccccc2c2cc(-c4ccccc4-c4ccccc4)c4ccccc4c32)cc1. The fourth-order valence-electron chi connectivity index (χ4n) is 6.44. The van der Waals surface area contributed by atoms with Crippen LogP contribution in [0, 0.1) is 0 Å². The number of hydrogen-bond acceptors (Lipinski definition) is 0. The zero-order valence-electron chi connectivity index (χ0n) is 22.0. The molecule has 0 aliphatic carbocycles. The van der Waals surface area contributed by atoms with Gasteiger partial charge in [0, 0.05) is 0 Å². The van der Waals surface area contributed by atoms with Crippen molar-refractivity contribution in [2.75, 3.05) is 0 Å². The van der Waals surface area contributed by atoms with E-state index in [2.05, 4.69) is 158 Å². The Kier molecular flexibility index (Phi) is 5.24. The van der Waals surface area contributed by atoms with Gasteiger partial charge in [-0.1, -0.05) is 146 Å². The van der Waals surface area contributed by atoms with Crippen LogP contribution in [0.2, 0.25) is 0 Å². The van der Waals surface area contributed by atoms with Crippen molar-refractivity contribution in [2.45, 2.75) is 0 Å². The molecule has 0 unspecified atom stereocenters. The third-order valence-electron chi connectivity index (χ3n) is 8.25. The van der Waals surface area contributed by atoms with Gasteiger partial charge in [-0.2, -0.15) is 0 Å². The number of benzene rings is 8. The molecule has 0 amide bonds. The van der Waals surface area contributed by atoms with Crippen LogP contribution in [-0.2, 0) is 0 Å². The highest BCUT2D eigenvalue weighted by molar-refractivity contribution is 6.33. The summed E-state index contributed by atoms with van der Waals surface area (Å²) >= 11 is 0. The predicted molar refractivity (Wildman–Crippen MR) is 173 cm³/mol. The van der Waals surface area contributed by atoms with E-state index >= 15 is 0 Å². The Bertz CT molecular complexity index is 2190. The topological polar surface area (TPSA) is 0 Å². The van der Waals surface area contributed by atoms with Crippen LogP contribution in [0.15, 0.2) is 158 Å². The summed E-state index contributed by atoms with van der Waals surface area (Å²) in [6.07, 6.45) is 0. The summed E-state index contributed by atoms with van der Waals surface area (Å²) in [4.78, 5) is 0. The van der Waals surface area contributed by atoms with E-state index < -0.39 is 0 Å². The molecule has 0 radical (unpaired) electrons. The van der Waals surface area contributed by atoms with E-state index in [4.69, 9.17) is 0 Å². The molecule has 0 spiro atoms. The van der Waals surface area contributed by atoms with E-state index in [1.165, 1.54) is 76.5 Å². The molecular formula is C40H26. The molecule has 8 rings (SSSR count). The Hall–Kier alpha value is -5.20. The zero-order chi connectivity index (χ0) is 26.5. The Morgan fingerprint density at radius 2 is 0.750 bits per heavy atom. The number of fused-ring (bicyclic) bond motifs is 8. The van der Waals surface area contributed by atoms with Crippen molar-refractivity contribution in [3.8, 4) is 33.4 Å². The monoisotopic (exact) mass is 506 g/mol. The highest BCUT2D eigenvalue weighted by atomic mass is 14.2. The molecular weight excluding hydrogens is 480 g/mol. The van der Waals surface area contributed by atoms with Gasteiger partial charge in [0.05, 0.1) is 0 Å². The molecule has 0 nitrogen and oxygen atoms in total. The highest BCUT2D eigenvalue weighted by Crippen LogP contribution is 2.45. The van der Waals surface area contributed by atoms with Crippen LogP contribution in [0.3, 0.4) is 0 Å². The molecule has 8 aromatic rings. The smallest absolute Gasteiger partial charge is 0.00199 e.